The van der Waals surface area contributed by atoms with Gasteiger partial charge in [0.25, 0.3) is 0 Å². The van der Waals surface area contributed by atoms with Crippen LogP contribution in [0.1, 0.15) is 12.1 Å². The molecule has 1 unspecified atom stereocenters. The van der Waals surface area contributed by atoms with Crippen molar-refractivity contribution in [2.75, 3.05) is 18.5 Å². The number of aryl methyl sites for hydroxylation is 1. The minimum atomic E-state index is -0.0386. The van der Waals surface area contributed by atoms with Crippen LogP contribution in [0.4, 0.5) is 5.00 Å². The summed E-state index contributed by atoms with van der Waals surface area (Å²) in [5.74, 6) is 0.112. The zero-order valence-electron chi connectivity index (χ0n) is 11.5. The van der Waals surface area contributed by atoms with Crippen LogP contribution in [0.2, 0.25) is 0 Å². The molecule has 1 fully saturated rings. The van der Waals surface area contributed by atoms with Crippen molar-refractivity contribution >= 4 is 22.2 Å². The molecule has 5 nitrogen and oxygen atoms in total. The number of rotatable bonds is 3. The van der Waals surface area contributed by atoms with E-state index in [1.165, 1.54) is 11.3 Å². The van der Waals surface area contributed by atoms with Crippen molar-refractivity contribution in [3.63, 3.8) is 0 Å². The minimum absolute atomic E-state index is 0.0386. The molecule has 3 heterocycles. The highest BCUT2D eigenvalue weighted by molar-refractivity contribution is 7.19. The molecule has 6 heteroatoms. The van der Waals surface area contributed by atoms with Crippen LogP contribution < -0.4 is 10.2 Å². The molecule has 0 bridgehead atoms. The quantitative estimate of drug-likeness (QED) is 0.936. The Morgan fingerprint density at radius 2 is 2.35 bits per heavy atom. The number of aromatic nitrogens is 2. The number of nitrogens with one attached hydrogen (secondary N) is 1. The Balaban J connectivity index is 1.87. The topological polar surface area (TPSA) is 58.1 Å². The molecular weight excluding hydrogens is 272 g/mol. The van der Waals surface area contributed by atoms with Crippen LogP contribution in [0.25, 0.3) is 10.6 Å². The first-order valence-corrected chi connectivity index (χ1v) is 7.37. The molecule has 1 amide bonds. The first kappa shape index (κ1) is 13.2. The second-order valence-electron chi connectivity index (χ2n) is 4.84. The Bertz CT molecular complexity index is 621. The molecule has 104 valence electrons. The van der Waals surface area contributed by atoms with Gasteiger partial charge in [-0.25, -0.2) is 4.98 Å². The molecule has 1 aliphatic heterocycles. The van der Waals surface area contributed by atoms with Crippen molar-refractivity contribution in [3.8, 4) is 10.6 Å². The lowest BCUT2D eigenvalue weighted by atomic mass is 10.1. The summed E-state index contributed by atoms with van der Waals surface area (Å²) < 4.78 is 0. The van der Waals surface area contributed by atoms with Crippen LogP contribution in [-0.4, -0.2) is 35.5 Å². The van der Waals surface area contributed by atoms with Gasteiger partial charge in [-0.1, -0.05) is 11.3 Å². The second-order valence-corrected chi connectivity index (χ2v) is 5.82. The van der Waals surface area contributed by atoms with Gasteiger partial charge in [-0.15, -0.1) is 0 Å². The van der Waals surface area contributed by atoms with E-state index in [1.54, 1.807) is 17.3 Å². The summed E-state index contributed by atoms with van der Waals surface area (Å²) in [5, 5.41) is 4.94. The normalized spacial score (nSPS) is 17.6. The number of carbonyl (C=O) groups is 1. The highest BCUT2D eigenvalue weighted by atomic mass is 32.1. The molecule has 0 spiro atoms. The first-order chi connectivity index (χ1) is 9.66. The molecule has 1 saturated heterocycles. The van der Waals surface area contributed by atoms with E-state index in [4.69, 9.17) is 0 Å². The summed E-state index contributed by atoms with van der Waals surface area (Å²) in [6.45, 7) is 2.86. The van der Waals surface area contributed by atoms with E-state index in [1.807, 2.05) is 26.1 Å². The largest absolute Gasteiger partial charge is 0.306 e. The van der Waals surface area contributed by atoms with Crippen molar-refractivity contribution in [1.29, 1.82) is 0 Å². The van der Waals surface area contributed by atoms with Crippen LogP contribution in [0.5, 0.6) is 0 Å². The average Bonchev–Trinajstić information content (AvgIpc) is 2.79. The molecule has 0 aromatic carbocycles. The number of likely N-dealkylation sites (N-methyl/N-ethyl adjacent to an activating group) is 1. The van der Waals surface area contributed by atoms with Crippen molar-refractivity contribution in [2.45, 2.75) is 19.4 Å². The third-order valence-corrected chi connectivity index (χ3v) is 4.72. The van der Waals surface area contributed by atoms with Crippen LogP contribution in [-0.2, 0) is 4.79 Å². The number of nitrogens with zero attached hydrogens (tertiary/aromatic N) is 3. The number of hydrogen-bond donors (Lipinski definition) is 1. The van der Waals surface area contributed by atoms with E-state index in [0.29, 0.717) is 0 Å². The van der Waals surface area contributed by atoms with Crippen molar-refractivity contribution in [3.05, 3.63) is 30.2 Å². The number of thiazole rings is 1. The fourth-order valence-corrected chi connectivity index (χ4v) is 3.17. The molecule has 1 aliphatic rings. The van der Waals surface area contributed by atoms with Gasteiger partial charge in [0.15, 0.2) is 0 Å². The van der Waals surface area contributed by atoms with Gasteiger partial charge >= 0.3 is 0 Å². The summed E-state index contributed by atoms with van der Waals surface area (Å²) in [7, 11) is 1.82. The van der Waals surface area contributed by atoms with Gasteiger partial charge in [-0.2, -0.15) is 0 Å². The Hall–Kier alpha value is -1.79. The molecular formula is C14H16N4OS. The third-order valence-electron chi connectivity index (χ3n) is 3.44. The SMILES string of the molecule is Cc1nc(-c2cccnc2)sc1N(C)C(=O)C1CCN1. The van der Waals surface area contributed by atoms with E-state index in [-0.39, 0.29) is 11.9 Å². The molecule has 1 atom stereocenters. The Morgan fingerprint density at radius 3 is 2.95 bits per heavy atom. The van der Waals surface area contributed by atoms with Gasteiger partial charge in [0.1, 0.15) is 10.0 Å². The lowest BCUT2D eigenvalue weighted by Gasteiger charge is -2.30. The molecule has 0 aliphatic carbocycles. The van der Waals surface area contributed by atoms with E-state index < -0.39 is 0 Å². The number of amides is 1. The molecule has 0 radical (unpaired) electrons. The van der Waals surface area contributed by atoms with E-state index in [2.05, 4.69) is 15.3 Å². The monoisotopic (exact) mass is 288 g/mol. The van der Waals surface area contributed by atoms with Gasteiger partial charge in [-0.3, -0.25) is 9.78 Å². The second kappa shape index (κ2) is 5.30. The summed E-state index contributed by atoms with van der Waals surface area (Å²) in [4.78, 5) is 22.6. The Labute approximate surface area is 121 Å². The van der Waals surface area contributed by atoms with Crippen LogP contribution >= 0.6 is 11.3 Å². The average molecular weight is 288 g/mol. The summed E-state index contributed by atoms with van der Waals surface area (Å²) in [6.07, 6.45) is 4.44. The number of anilines is 1. The molecule has 1 N–H and O–H groups in total. The Morgan fingerprint density at radius 1 is 1.55 bits per heavy atom. The molecule has 2 aromatic rings. The fraction of sp³-hybridized carbons (Fsp3) is 0.357. The zero-order valence-corrected chi connectivity index (χ0v) is 12.3. The maximum atomic E-state index is 12.3. The van der Waals surface area contributed by atoms with Gasteiger partial charge in [0.05, 0.1) is 11.7 Å². The molecule has 20 heavy (non-hydrogen) atoms. The van der Waals surface area contributed by atoms with Crippen molar-refractivity contribution < 1.29 is 4.79 Å². The predicted octanol–water partition coefficient (Wildman–Crippen LogP) is 1.84. The van der Waals surface area contributed by atoms with E-state index in [9.17, 15) is 4.79 Å². The predicted molar refractivity (Wildman–Crippen MR) is 79.9 cm³/mol. The summed E-state index contributed by atoms with van der Waals surface area (Å²) in [5.41, 5.74) is 1.86. The minimum Gasteiger partial charge on any atom is -0.306 e. The standard InChI is InChI=1S/C14H16N4OS/c1-9-14(18(2)13(19)11-5-7-16-11)20-12(17-9)10-4-3-6-15-8-10/h3-4,6,8,11,16H,5,7H2,1-2H3. The van der Waals surface area contributed by atoms with Crippen molar-refractivity contribution in [2.24, 2.45) is 0 Å². The maximum Gasteiger partial charge on any atom is 0.244 e. The lowest BCUT2D eigenvalue weighted by molar-refractivity contribution is -0.121. The molecule has 2 aromatic heterocycles. The molecule has 3 rings (SSSR count). The van der Waals surface area contributed by atoms with E-state index >= 15 is 0 Å². The summed E-state index contributed by atoms with van der Waals surface area (Å²) in [6, 6.07) is 3.83. The van der Waals surface area contributed by atoms with Gasteiger partial charge in [-0.05, 0) is 32.0 Å². The van der Waals surface area contributed by atoms with Crippen molar-refractivity contribution in [1.82, 2.24) is 15.3 Å². The van der Waals surface area contributed by atoms with Gasteiger partial charge in [0.2, 0.25) is 5.91 Å². The Kier molecular flexibility index (Phi) is 3.50. The smallest absolute Gasteiger partial charge is 0.244 e. The lowest BCUT2D eigenvalue weighted by Crippen LogP contribution is -2.53. The zero-order chi connectivity index (χ0) is 14.1. The van der Waals surface area contributed by atoms with Crippen LogP contribution in [0.3, 0.4) is 0 Å². The maximum absolute atomic E-state index is 12.3. The number of carbonyl (C=O) groups excluding carboxylic acids is 1. The highest BCUT2D eigenvalue weighted by Gasteiger charge is 2.29. The van der Waals surface area contributed by atoms with E-state index in [0.717, 1.165) is 34.2 Å². The number of pyridine rings is 1. The highest BCUT2D eigenvalue weighted by Crippen LogP contribution is 2.34. The third kappa shape index (κ3) is 2.32. The van der Waals surface area contributed by atoms with Gasteiger partial charge in [0, 0.05) is 25.0 Å². The van der Waals surface area contributed by atoms with Crippen LogP contribution in [0, 0.1) is 6.92 Å². The number of hydrogen-bond acceptors (Lipinski definition) is 5. The summed E-state index contributed by atoms with van der Waals surface area (Å²) >= 11 is 1.53. The van der Waals surface area contributed by atoms with Gasteiger partial charge < -0.3 is 10.2 Å². The molecule has 0 saturated carbocycles. The fourth-order valence-electron chi connectivity index (χ4n) is 2.15. The first-order valence-electron chi connectivity index (χ1n) is 6.55. The van der Waals surface area contributed by atoms with Crippen LogP contribution in [0.15, 0.2) is 24.5 Å².